The fraction of sp³-hybridized carbons (Fsp3) is 0.467. The average molecular weight is 218 g/mol. The summed E-state index contributed by atoms with van der Waals surface area (Å²) >= 11 is 0. The Morgan fingerprint density at radius 1 is 1.38 bits per heavy atom. The van der Waals surface area contributed by atoms with Crippen molar-refractivity contribution in [2.24, 2.45) is 0 Å². The van der Waals surface area contributed by atoms with Gasteiger partial charge in [-0.2, -0.15) is 0 Å². The predicted octanol–water partition coefficient (Wildman–Crippen LogP) is 3.56. The van der Waals surface area contributed by atoms with Gasteiger partial charge >= 0.3 is 0 Å². The second kappa shape index (κ2) is 5.31. The number of aryl methyl sites for hydroxylation is 2. The summed E-state index contributed by atoms with van der Waals surface area (Å²) in [5.74, 6) is 0. The Balaban J connectivity index is 2.78. The second-order valence-corrected chi connectivity index (χ2v) is 4.93. The van der Waals surface area contributed by atoms with Crippen LogP contribution in [0.2, 0.25) is 0 Å². The molecule has 88 valence electrons. The predicted molar refractivity (Wildman–Crippen MR) is 69.7 cm³/mol. The summed E-state index contributed by atoms with van der Waals surface area (Å²) in [7, 11) is 0. The molecule has 1 atom stereocenters. The van der Waals surface area contributed by atoms with Crippen molar-refractivity contribution in [2.75, 3.05) is 0 Å². The third-order valence-electron chi connectivity index (χ3n) is 2.96. The molecule has 1 heteroatoms. The lowest BCUT2D eigenvalue weighted by Gasteiger charge is -2.24. The topological polar surface area (TPSA) is 20.2 Å². The molecule has 0 saturated carbocycles. The number of hydrogen-bond donors (Lipinski definition) is 1. The van der Waals surface area contributed by atoms with E-state index in [9.17, 15) is 5.11 Å². The number of aliphatic hydroxyl groups is 1. The van der Waals surface area contributed by atoms with E-state index in [4.69, 9.17) is 0 Å². The first-order valence-corrected chi connectivity index (χ1v) is 5.84. The molecule has 0 bridgehead atoms. The first-order valence-electron chi connectivity index (χ1n) is 5.84. The van der Waals surface area contributed by atoms with Gasteiger partial charge in [-0.25, -0.2) is 0 Å². The lowest BCUT2D eigenvalue weighted by molar-refractivity contribution is 0.0522. The summed E-state index contributed by atoms with van der Waals surface area (Å²) in [5.41, 5.74) is 3.12. The first-order chi connectivity index (χ1) is 7.44. The zero-order valence-electron chi connectivity index (χ0n) is 10.6. The van der Waals surface area contributed by atoms with E-state index < -0.39 is 5.60 Å². The molecule has 0 saturated heterocycles. The summed E-state index contributed by atoms with van der Waals surface area (Å²) in [6.45, 7) is 9.77. The van der Waals surface area contributed by atoms with E-state index in [-0.39, 0.29) is 0 Å². The molecular formula is C15H22O. The van der Waals surface area contributed by atoms with Crippen molar-refractivity contribution in [1.82, 2.24) is 0 Å². The Labute approximate surface area is 98.8 Å². The van der Waals surface area contributed by atoms with Crippen LogP contribution in [0, 0.1) is 13.8 Å². The molecule has 0 aliphatic heterocycles. The van der Waals surface area contributed by atoms with E-state index in [0.717, 1.165) is 12.8 Å². The molecule has 1 N–H and O–H groups in total. The van der Waals surface area contributed by atoms with Gasteiger partial charge in [-0.05, 0) is 44.7 Å². The van der Waals surface area contributed by atoms with Gasteiger partial charge in [0.05, 0.1) is 5.60 Å². The molecule has 0 radical (unpaired) electrons. The summed E-state index contributed by atoms with van der Waals surface area (Å²) in [5, 5.41) is 10.3. The maximum absolute atomic E-state index is 10.3. The zero-order valence-corrected chi connectivity index (χ0v) is 10.6. The Bertz CT molecular complexity index is 364. The summed E-state index contributed by atoms with van der Waals surface area (Å²) in [6.07, 6.45) is 4.20. The fourth-order valence-electron chi connectivity index (χ4n) is 1.90. The molecule has 0 amide bonds. The molecule has 0 heterocycles. The van der Waals surface area contributed by atoms with E-state index in [0.29, 0.717) is 6.42 Å². The number of rotatable bonds is 5. The highest BCUT2D eigenvalue weighted by atomic mass is 16.3. The quantitative estimate of drug-likeness (QED) is 0.749. The Hall–Kier alpha value is -1.08. The van der Waals surface area contributed by atoms with Crippen LogP contribution in [0.25, 0.3) is 0 Å². The zero-order chi connectivity index (χ0) is 12.2. The minimum atomic E-state index is -0.632. The molecule has 1 aromatic carbocycles. The van der Waals surface area contributed by atoms with Gasteiger partial charge in [0.2, 0.25) is 0 Å². The van der Waals surface area contributed by atoms with E-state index in [1.165, 1.54) is 16.7 Å². The summed E-state index contributed by atoms with van der Waals surface area (Å²) in [6, 6.07) is 6.39. The van der Waals surface area contributed by atoms with Crippen molar-refractivity contribution in [2.45, 2.75) is 45.6 Å². The molecule has 1 rings (SSSR count). The van der Waals surface area contributed by atoms with Crippen LogP contribution >= 0.6 is 0 Å². The van der Waals surface area contributed by atoms with Crippen molar-refractivity contribution in [3.63, 3.8) is 0 Å². The van der Waals surface area contributed by atoms with Crippen LogP contribution in [0.15, 0.2) is 30.9 Å². The van der Waals surface area contributed by atoms with Crippen LogP contribution in [0.3, 0.4) is 0 Å². The minimum absolute atomic E-state index is 0.632. The van der Waals surface area contributed by atoms with Gasteiger partial charge < -0.3 is 5.11 Å². The average Bonchev–Trinajstić information content (AvgIpc) is 2.20. The largest absolute Gasteiger partial charge is 0.390 e. The SMILES string of the molecule is C=CCCC(C)(O)Cc1cc(C)ccc1C. The van der Waals surface area contributed by atoms with Crippen LogP contribution in [-0.2, 0) is 6.42 Å². The van der Waals surface area contributed by atoms with Gasteiger partial charge in [-0.3, -0.25) is 0 Å². The van der Waals surface area contributed by atoms with Crippen molar-refractivity contribution >= 4 is 0 Å². The van der Waals surface area contributed by atoms with Crippen molar-refractivity contribution in [1.29, 1.82) is 0 Å². The van der Waals surface area contributed by atoms with Gasteiger partial charge in [0.15, 0.2) is 0 Å². The second-order valence-electron chi connectivity index (χ2n) is 4.93. The van der Waals surface area contributed by atoms with Gasteiger partial charge in [-0.1, -0.05) is 29.8 Å². The lowest BCUT2D eigenvalue weighted by Crippen LogP contribution is -2.27. The molecule has 0 spiro atoms. The molecule has 0 fully saturated rings. The molecule has 0 aliphatic carbocycles. The lowest BCUT2D eigenvalue weighted by atomic mass is 9.89. The Morgan fingerprint density at radius 3 is 2.69 bits per heavy atom. The van der Waals surface area contributed by atoms with Gasteiger partial charge in [0, 0.05) is 6.42 Å². The van der Waals surface area contributed by atoms with Crippen LogP contribution in [0.4, 0.5) is 0 Å². The number of allylic oxidation sites excluding steroid dienone is 1. The third-order valence-corrected chi connectivity index (χ3v) is 2.96. The molecule has 16 heavy (non-hydrogen) atoms. The van der Waals surface area contributed by atoms with Crippen molar-refractivity contribution in [3.8, 4) is 0 Å². The van der Waals surface area contributed by atoms with Crippen LogP contribution in [0.1, 0.15) is 36.5 Å². The van der Waals surface area contributed by atoms with E-state index in [2.05, 4.69) is 38.6 Å². The molecule has 1 aromatic rings. The van der Waals surface area contributed by atoms with Crippen molar-refractivity contribution < 1.29 is 5.11 Å². The maximum atomic E-state index is 10.3. The van der Waals surface area contributed by atoms with Gasteiger partial charge in [0.25, 0.3) is 0 Å². The standard InChI is InChI=1S/C15H22O/c1-5-6-9-15(4,16)11-14-10-12(2)7-8-13(14)3/h5,7-8,10,16H,1,6,9,11H2,2-4H3. The fourth-order valence-corrected chi connectivity index (χ4v) is 1.90. The van der Waals surface area contributed by atoms with E-state index >= 15 is 0 Å². The molecule has 0 aliphatic rings. The number of hydrogen-bond acceptors (Lipinski definition) is 1. The van der Waals surface area contributed by atoms with Gasteiger partial charge in [-0.15, -0.1) is 6.58 Å². The third kappa shape index (κ3) is 3.82. The molecule has 0 aromatic heterocycles. The highest BCUT2D eigenvalue weighted by molar-refractivity contribution is 5.31. The van der Waals surface area contributed by atoms with E-state index in [1.807, 2.05) is 13.0 Å². The van der Waals surface area contributed by atoms with Crippen LogP contribution in [-0.4, -0.2) is 10.7 Å². The summed E-state index contributed by atoms with van der Waals surface area (Å²) < 4.78 is 0. The smallest absolute Gasteiger partial charge is 0.0663 e. The summed E-state index contributed by atoms with van der Waals surface area (Å²) in [4.78, 5) is 0. The Kier molecular flexibility index (Phi) is 4.31. The Morgan fingerprint density at radius 2 is 2.06 bits per heavy atom. The molecule has 1 unspecified atom stereocenters. The minimum Gasteiger partial charge on any atom is -0.390 e. The first kappa shape index (κ1) is 13.0. The normalized spacial score (nSPS) is 14.5. The van der Waals surface area contributed by atoms with Gasteiger partial charge in [0.1, 0.15) is 0 Å². The van der Waals surface area contributed by atoms with Crippen molar-refractivity contribution in [3.05, 3.63) is 47.5 Å². The van der Waals surface area contributed by atoms with Crippen LogP contribution in [0.5, 0.6) is 0 Å². The highest BCUT2D eigenvalue weighted by Gasteiger charge is 2.20. The molecular weight excluding hydrogens is 196 g/mol. The number of benzene rings is 1. The molecule has 1 nitrogen and oxygen atoms in total. The van der Waals surface area contributed by atoms with Crippen LogP contribution < -0.4 is 0 Å². The van der Waals surface area contributed by atoms with E-state index in [1.54, 1.807) is 0 Å². The highest BCUT2D eigenvalue weighted by Crippen LogP contribution is 2.21. The maximum Gasteiger partial charge on any atom is 0.0663 e. The monoisotopic (exact) mass is 218 g/mol.